The third-order valence-electron chi connectivity index (χ3n) is 3.05. The average Bonchev–Trinajstić information content (AvgIpc) is 2.94. The van der Waals surface area contributed by atoms with Crippen LogP contribution >= 0.6 is 0 Å². The van der Waals surface area contributed by atoms with Gasteiger partial charge in [0.1, 0.15) is 5.82 Å². The van der Waals surface area contributed by atoms with Crippen molar-refractivity contribution in [2.24, 2.45) is 0 Å². The molecule has 1 aliphatic rings. The van der Waals surface area contributed by atoms with Gasteiger partial charge in [0.15, 0.2) is 0 Å². The van der Waals surface area contributed by atoms with Crippen LogP contribution in [-0.4, -0.2) is 28.2 Å². The van der Waals surface area contributed by atoms with E-state index in [0.717, 1.165) is 24.5 Å². The van der Waals surface area contributed by atoms with Crippen molar-refractivity contribution >= 4 is 5.82 Å². The zero-order valence-electron chi connectivity index (χ0n) is 9.54. The highest BCUT2D eigenvalue weighted by atomic mass is 16.5. The molecular formula is C12H14N4O. The summed E-state index contributed by atoms with van der Waals surface area (Å²) in [6, 6.07) is 4.01. The normalized spacial score (nSPS) is 16.1. The van der Waals surface area contributed by atoms with E-state index in [1.54, 1.807) is 6.20 Å². The van der Waals surface area contributed by atoms with Crippen LogP contribution in [0, 0.1) is 0 Å². The molecule has 88 valence electrons. The molecule has 2 aromatic rings. The summed E-state index contributed by atoms with van der Waals surface area (Å²) < 4.78 is 4.72. The van der Waals surface area contributed by atoms with Gasteiger partial charge in [-0.25, -0.2) is 4.98 Å². The Labute approximate surface area is 99.5 Å². The first-order valence-corrected chi connectivity index (χ1v) is 5.91. The minimum atomic E-state index is 0.586. The molecule has 0 saturated carbocycles. The summed E-state index contributed by atoms with van der Waals surface area (Å²) in [6.07, 6.45) is 6.97. The minimum Gasteiger partial charge on any atom is -0.357 e. The van der Waals surface area contributed by atoms with Crippen LogP contribution in [-0.2, 0) is 0 Å². The van der Waals surface area contributed by atoms with Crippen molar-refractivity contribution in [3.8, 4) is 11.4 Å². The molecule has 2 aromatic heterocycles. The van der Waals surface area contributed by atoms with Crippen LogP contribution < -0.4 is 4.90 Å². The van der Waals surface area contributed by atoms with Gasteiger partial charge in [0, 0.05) is 24.8 Å². The SMILES string of the molecule is c1nc(-c2ccc(N3CCCCC3)nc2)no1. The first kappa shape index (κ1) is 10.3. The second-order valence-electron chi connectivity index (χ2n) is 4.21. The average molecular weight is 230 g/mol. The Hall–Kier alpha value is -1.91. The van der Waals surface area contributed by atoms with Crippen molar-refractivity contribution in [1.29, 1.82) is 0 Å². The summed E-state index contributed by atoms with van der Waals surface area (Å²) in [5, 5.41) is 3.79. The van der Waals surface area contributed by atoms with Crippen LogP contribution in [0.4, 0.5) is 5.82 Å². The maximum absolute atomic E-state index is 4.72. The van der Waals surface area contributed by atoms with E-state index in [-0.39, 0.29) is 0 Å². The summed E-state index contributed by atoms with van der Waals surface area (Å²) in [7, 11) is 0. The van der Waals surface area contributed by atoms with E-state index in [1.807, 2.05) is 12.1 Å². The van der Waals surface area contributed by atoms with Gasteiger partial charge in [0.2, 0.25) is 12.2 Å². The minimum absolute atomic E-state index is 0.586. The van der Waals surface area contributed by atoms with Gasteiger partial charge in [-0.15, -0.1) is 0 Å². The number of anilines is 1. The molecule has 3 rings (SSSR count). The topological polar surface area (TPSA) is 55.1 Å². The molecule has 3 heterocycles. The maximum atomic E-state index is 4.72. The van der Waals surface area contributed by atoms with Crippen LogP contribution in [0.3, 0.4) is 0 Å². The van der Waals surface area contributed by atoms with Gasteiger partial charge in [-0.05, 0) is 31.4 Å². The van der Waals surface area contributed by atoms with Gasteiger partial charge in [0.25, 0.3) is 0 Å². The van der Waals surface area contributed by atoms with Gasteiger partial charge < -0.3 is 9.42 Å². The van der Waals surface area contributed by atoms with Crippen LogP contribution in [0.5, 0.6) is 0 Å². The van der Waals surface area contributed by atoms with E-state index in [4.69, 9.17) is 4.52 Å². The molecule has 5 nitrogen and oxygen atoms in total. The first-order valence-electron chi connectivity index (χ1n) is 5.91. The van der Waals surface area contributed by atoms with Crippen LogP contribution in [0.15, 0.2) is 29.2 Å². The zero-order valence-corrected chi connectivity index (χ0v) is 9.54. The molecule has 0 amide bonds. The molecule has 1 fully saturated rings. The largest absolute Gasteiger partial charge is 0.357 e. The van der Waals surface area contributed by atoms with Crippen molar-refractivity contribution < 1.29 is 4.52 Å². The van der Waals surface area contributed by atoms with E-state index in [1.165, 1.54) is 25.7 Å². The molecule has 0 spiro atoms. The van der Waals surface area contributed by atoms with E-state index < -0.39 is 0 Å². The molecule has 0 bridgehead atoms. The Kier molecular flexibility index (Phi) is 2.73. The van der Waals surface area contributed by atoms with E-state index in [0.29, 0.717) is 5.82 Å². The van der Waals surface area contributed by atoms with Crippen molar-refractivity contribution in [2.75, 3.05) is 18.0 Å². The third kappa shape index (κ3) is 2.13. The molecule has 0 unspecified atom stereocenters. The molecule has 0 radical (unpaired) electrons. The fraction of sp³-hybridized carbons (Fsp3) is 0.417. The number of hydrogen-bond acceptors (Lipinski definition) is 5. The lowest BCUT2D eigenvalue weighted by Gasteiger charge is -2.27. The van der Waals surface area contributed by atoms with Crippen LogP contribution in [0.2, 0.25) is 0 Å². The van der Waals surface area contributed by atoms with Gasteiger partial charge in [-0.1, -0.05) is 5.16 Å². The Bertz CT molecular complexity index is 460. The molecule has 1 saturated heterocycles. The smallest absolute Gasteiger partial charge is 0.214 e. The summed E-state index contributed by atoms with van der Waals surface area (Å²) in [6.45, 7) is 2.21. The number of rotatable bonds is 2. The molecular weight excluding hydrogens is 216 g/mol. The van der Waals surface area contributed by atoms with Crippen molar-refractivity contribution in [2.45, 2.75) is 19.3 Å². The van der Waals surface area contributed by atoms with Gasteiger partial charge in [0.05, 0.1) is 0 Å². The van der Waals surface area contributed by atoms with E-state index >= 15 is 0 Å². The fourth-order valence-corrected chi connectivity index (χ4v) is 2.13. The van der Waals surface area contributed by atoms with E-state index in [2.05, 4.69) is 20.0 Å². The van der Waals surface area contributed by atoms with Gasteiger partial charge >= 0.3 is 0 Å². The van der Waals surface area contributed by atoms with Gasteiger partial charge in [-0.3, -0.25) is 0 Å². The zero-order chi connectivity index (χ0) is 11.5. The fourth-order valence-electron chi connectivity index (χ4n) is 2.13. The highest BCUT2D eigenvalue weighted by Crippen LogP contribution is 2.20. The predicted molar refractivity (Wildman–Crippen MR) is 63.6 cm³/mol. The Balaban J connectivity index is 1.80. The van der Waals surface area contributed by atoms with Gasteiger partial charge in [-0.2, -0.15) is 4.98 Å². The lowest BCUT2D eigenvalue weighted by Crippen LogP contribution is -2.29. The number of pyridine rings is 1. The Morgan fingerprint density at radius 1 is 1.06 bits per heavy atom. The monoisotopic (exact) mass is 230 g/mol. The van der Waals surface area contributed by atoms with Crippen LogP contribution in [0.25, 0.3) is 11.4 Å². The molecule has 5 heteroatoms. The van der Waals surface area contributed by atoms with Crippen molar-refractivity contribution in [3.63, 3.8) is 0 Å². The number of hydrogen-bond donors (Lipinski definition) is 0. The molecule has 1 aliphatic heterocycles. The predicted octanol–water partition coefficient (Wildman–Crippen LogP) is 2.12. The highest BCUT2D eigenvalue weighted by Gasteiger charge is 2.12. The number of nitrogens with zero attached hydrogens (tertiary/aromatic N) is 4. The highest BCUT2D eigenvalue weighted by molar-refractivity contribution is 5.55. The molecule has 17 heavy (non-hydrogen) atoms. The Morgan fingerprint density at radius 2 is 1.94 bits per heavy atom. The second-order valence-corrected chi connectivity index (χ2v) is 4.21. The lowest BCUT2D eigenvalue weighted by molar-refractivity contribution is 0.418. The van der Waals surface area contributed by atoms with E-state index in [9.17, 15) is 0 Å². The molecule has 0 atom stereocenters. The number of aromatic nitrogens is 3. The molecule has 0 aromatic carbocycles. The Morgan fingerprint density at radius 3 is 2.59 bits per heavy atom. The standard InChI is InChI=1S/C12H14N4O/c1-2-6-16(7-3-1)11-5-4-10(8-13-11)12-14-9-17-15-12/h4-5,8-9H,1-3,6-7H2. The maximum Gasteiger partial charge on any atom is 0.214 e. The summed E-state index contributed by atoms with van der Waals surface area (Å²) in [5.74, 6) is 1.62. The molecule has 0 aliphatic carbocycles. The summed E-state index contributed by atoms with van der Waals surface area (Å²) in [5.41, 5.74) is 0.888. The van der Waals surface area contributed by atoms with Crippen molar-refractivity contribution in [1.82, 2.24) is 15.1 Å². The van der Waals surface area contributed by atoms with Crippen molar-refractivity contribution in [3.05, 3.63) is 24.7 Å². The number of piperidine rings is 1. The summed E-state index contributed by atoms with van der Waals surface area (Å²) >= 11 is 0. The molecule has 0 N–H and O–H groups in total. The quantitative estimate of drug-likeness (QED) is 0.791. The second kappa shape index (κ2) is 4.53. The summed E-state index contributed by atoms with van der Waals surface area (Å²) in [4.78, 5) is 10.8. The first-order chi connectivity index (χ1) is 8.43. The third-order valence-corrected chi connectivity index (χ3v) is 3.05. The lowest BCUT2D eigenvalue weighted by atomic mass is 10.1. The van der Waals surface area contributed by atoms with Crippen LogP contribution in [0.1, 0.15) is 19.3 Å².